The minimum atomic E-state index is -0.0615. The van der Waals surface area contributed by atoms with Crippen LogP contribution in [0.4, 0.5) is 5.69 Å². The number of nitrogens with one attached hydrogen (secondary N) is 2. The van der Waals surface area contributed by atoms with Crippen LogP contribution in [0.15, 0.2) is 23.2 Å². The summed E-state index contributed by atoms with van der Waals surface area (Å²) in [6, 6.07) is 6.78. The van der Waals surface area contributed by atoms with Crippen molar-refractivity contribution in [1.82, 2.24) is 10.6 Å². The topological polar surface area (TPSA) is 48.9 Å². The molecule has 1 saturated heterocycles. The maximum Gasteiger partial charge on any atom is 0.191 e. The van der Waals surface area contributed by atoms with E-state index in [-0.39, 0.29) is 29.6 Å². The molecule has 0 spiro atoms. The molecule has 3 rings (SSSR count). The highest BCUT2D eigenvalue weighted by molar-refractivity contribution is 14.0. The van der Waals surface area contributed by atoms with Gasteiger partial charge in [0, 0.05) is 46.0 Å². The Balaban J connectivity index is 0.00000225. The van der Waals surface area contributed by atoms with Crippen LogP contribution in [0.3, 0.4) is 0 Å². The van der Waals surface area contributed by atoms with Gasteiger partial charge in [-0.25, -0.2) is 0 Å². The average molecular weight is 458 g/mol. The Morgan fingerprint density at radius 2 is 2.16 bits per heavy atom. The number of fused-ring (bicyclic) bond motifs is 1. The normalized spacial score (nSPS) is 23.0. The maximum absolute atomic E-state index is 5.82. The van der Waals surface area contributed by atoms with Crippen LogP contribution in [0.1, 0.15) is 37.3 Å². The molecule has 2 aliphatic rings. The van der Waals surface area contributed by atoms with Crippen molar-refractivity contribution < 1.29 is 4.74 Å². The minimum Gasteiger partial charge on any atom is -0.374 e. The maximum atomic E-state index is 5.82. The van der Waals surface area contributed by atoms with Gasteiger partial charge in [-0.2, -0.15) is 0 Å². The second-order valence-corrected chi connectivity index (χ2v) is 7.17. The van der Waals surface area contributed by atoms with Gasteiger partial charge in [0.1, 0.15) is 0 Å². The van der Waals surface area contributed by atoms with Crippen molar-refractivity contribution in [3.8, 4) is 0 Å². The molecule has 2 aliphatic heterocycles. The van der Waals surface area contributed by atoms with Crippen molar-refractivity contribution >= 4 is 35.6 Å². The molecule has 0 aliphatic carbocycles. The lowest BCUT2D eigenvalue weighted by atomic mass is 9.99. The van der Waals surface area contributed by atoms with Crippen LogP contribution in [0.5, 0.6) is 0 Å². The zero-order valence-corrected chi connectivity index (χ0v) is 17.9. The summed E-state index contributed by atoms with van der Waals surface area (Å²) < 4.78 is 5.82. The number of ether oxygens (including phenoxy) is 1. The monoisotopic (exact) mass is 458 g/mol. The number of anilines is 1. The minimum absolute atomic E-state index is 0. The van der Waals surface area contributed by atoms with Crippen LogP contribution in [0.25, 0.3) is 0 Å². The van der Waals surface area contributed by atoms with Gasteiger partial charge in [-0.3, -0.25) is 4.99 Å². The molecule has 140 valence electrons. The Morgan fingerprint density at radius 1 is 1.32 bits per heavy atom. The summed E-state index contributed by atoms with van der Waals surface area (Å²) in [6.07, 6.45) is 4.67. The first-order chi connectivity index (χ1) is 11.6. The van der Waals surface area contributed by atoms with Crippen molar-refractivity contribution in [2.24, 2.45) is 4.99 Å². The van der Waals surface area contributed by atoms with Gasteiger partial charge >= 0.3 is 0 Å². The number of guanidine groups is 1. The molecule has 0 saturated carbocycles. The molecule has 2 heterocycles. The number of benzene rings is 1. The smallest absolute Gasteiger partial charge is 0.191 e. The third-order valence-corrected chi connectivity index (χ3v) is 5.11. The fourth-order valence-electron chi connectivity index (χ4n) is 3.60. The molecule has 2 N–H and O–H groups in total. The van der Waals surface area contributed by atoms with Gasteiger partial charge in [0.2, 0.25) is 0 Å². The molecule has 5 nitrogen and oxygen atoms in total. The molecule has 1 aromatic rings. The highest BCUT2D eigenvalue weighted by Gasteiger charge is 2.29. The lowest BCUT2D eigenvalue weighted by Crippen LogP contribution is -2.45. The molecule has 0 bridgehead atoms. The molecule has 6 heteroatoms. The van der Waals surface area contributed by atoms with Crippen LogP contribution in [0, 0.1) is 0 Å². The first kappa shape index (κ1) is 20.3. The first-order valence-corrected chi connectivity index (χ1v) is 9.01. The third kappa shape index (κ3) is 5.23. The number of rotatable bonds is 4. The van der Waals surface area contributed by atoms with Crippen molar-refractivity contribution in [3.63, 3.8) is 0 Å². The predicted octanol–water partition coefficient (Wildman–Crippen LogP) is 2.92. The molecule has 1 atom stereocenters. The number of aryl methyl sites for hydroxylation is 1. The highest BCUT2D eigenvalue weighted by atomic mass is 127. The van der Waals surface area contributed by atoms with E-state index < -0.39 is 0 Å². The Bertz CT molecular complexity index is 599. The standard InChI is InChI=1S/C19H30N4O.HI/c1-19(9-5-11-24-19)14-22-18(20-2)21-13-15-7-8-17-16(12-15)6-4-10-23(17)3;/h7-8,12H,4-6,9-11,13-14H2,1-3H3,(H2,20,21,22);1H. The van der Waals surface area contributed by atoms with Crippen molar-refractivity contribution in [2.75, 3.05) is 38.7 Å². The van der Waals surface area contributed by atoms with E-state index in [0.29, 0.717) is 0 Å². The van der Waals surface area contributed by atoms with E-state index in [1.54, 1.807) is 0 Å². The van der Waals surface area contributed by atoms with Crippen LogP contribution < -0.4 is 15.5 Å². The largest absolute Gasteiger partial charge is 0.374 e. The lowest BCUT2D eigenvalue weighted by molar-refractivity contribution is 0.0243. The SMILES string of the molecule is CN=C(NCc1ccc2c(c1)CCCN2C)NCC1(C)CCCO1.I. The van der Waals surface area contributed by atoms with E-state index >= 15 is 0 Å². The van der Waals surface area contributed by atoms with E-state index in [2.05, 4.69) is 52.7 Å². The van der Waals surface area contributed by atoms with Gasteiger partial charge in [-0.05, 0) is 49.8 Å². The molecule has 1 fully saturated rings. The second-order valence-electron chi connectivity index (χ2n) is 7.17. The number of aliphatic imine (C=N–C) groups is 1. The molecule has 0 aromatic heterocycles. The van der Waals surface area contributed by atoms with E-state index in [4.69, 9.17) is 4.74 Å². The molecule has 25 heavy (non-hydrogen) atoms. The van der Waals surface area contributed by atoms with Crippen LogP contribution >= 0.6 is 24.0 Å². The molecular formula is C19H31IN4O. The quantitative estimate of drug-likeness (QED) is 0.414. The number of halogens is 1. The molecular weight excluding hydrogens is 427 g/mol. The summed E-state index contributed by atoms with van der Waals surface area (Å²) >= 11 is 0. The lowest BCUT2D eigenvalue weighted by Gasteiger charge is -2.28. The Kier molecular flexibility index (Phi) is 7.37. The molecule has 0 radical (unpaired) electrons. The van der Waals surface area contributed by atoms with Crippen molar-refractivity contribution in [3.05, 3.63) is 29.3 Å². The average Bonchev–Trinajstić information content (AvgIpc) is 3.02. The Hall–Kier alpha value is -1.02. The van der Waals surface area contributed by atoms with Gasteiger partial charge in [-0.1, -0.05) is 12.1 Å². The van der Waals surface area contributed by atoms with E-state index in [9.17, 15) is 0 Å². The summed E-state index contributed by atoms with van der Waals surface area (Å²) in [6.45, 7) is 5.77. The van der Waals surface area contributed by atoms with E-state index in [1.165, 1.54) is 29.7 Å². The van der Waals surface area contributed by atoms with Gasteiger partial charge < -0.3 is 20.3 Å². The summed E-state index contributed by atoms with van der Waals surface area (Å²) in [5.41, 5.74) is 4.07. The van der Waals surface area contributed by atoms with Crippen LogP contribution in [-0.2, 0) is 17.7 Å². The Labute approximate surface area is 168 Å². The predicted molar refractivity (Wildman–Crippen MR) is 115 cm³/mol. The highest BCUT2D eigenvalue weighted by Crippen LogP contribution is 2.27. The van der Waals surface area contributed by atoms with Gasteiger partial charge in [-0.15, -0.1) is 24.0 Å². The fraction of sp³-hybridized carbons (Fsp3) is 0.632. The van der Waals surface area contributed by atoms with Gasteiger partial charge in [0.15, 0.2) is 5.96 Å². The zero-order chi connectivity index (χ0) is 17.0. The Morgan fingerprint density at radius 3 is 2.88 bits per heavy atom. The number of hydrogen-bond donors (Lipinski definition) is 2. The van der Waals surface area contributed by atoms with Crippen LogP contribution in [0.2, 0.25) is 0 Å². The summed E-state index contributed by atoms with van der Waals surface area (Å²) in [5.74, 6) is 0.835. The number of hydrogen-bond acceptors (Lipinski definition) is 3. The molecule has 1 aromatic carbocycles. The first-order valence-electron chi connectivity index (χ1n) is 9.01. The van der Waals surface area contributed by atoms with E-state index in [1.807, 2.05) is 7.05 Å². The van der Waals surface area contributed by atoms with E-state index in [0.717, 1.165) is 45.0 Å². The zero-order valence-electron chi connectivity index (χ0n) is 15.6. The third-order valence-electron chi connectivity index (χ3n) is 5.11. The van der Waals surface area contributed by atoms with Gasteiger partial charge in [0.25, 0.3) is 0 Å². The van der Waals surface area contributed by atoms with Crippen molar-refractivity contribution in [2.45, 2.75) is 44.8 Å². The summed E-state index contributed by atoms with van der Waals surface area (Å²) in [5, 5.41) is 6.81. The van der Waals surface area contributed by atoms with Crippen molar-refractivity contribution in [1.29, 1.82) is 0 Å². The van der Waals surface area contributed by atoms with Crippen LogP contribution in [-0.4, -0.2) is 45.4 Å². The second kappa shape index (κ2) is 9.07. The summed E-state index contributed by atoms with van der Waals surface area (Å²) in [4.78, 5) is 6.67. The summed E-state index contributed by atoms with van der Waals surface area (Å²) in [7, 11) is 3.99. The van der Waals surface area contributed by atoms with Gasteiger partial charge in [0.05, 0.1) is 5.60 Å². The molecule has 0 amide bonds. The fourth-order valence-corrected chi connectivity index (χ4v) is 3.60. The molecule has 1 unspecified atom stereocenters. The number of nitrogens with zero attached hydrogens (tertiary/aromatic N) is 2.